The van der Waals surface area contributed by atoms with Gasteiger partial charge in [0.25, 0.3) is 0 Å². The van der Waals surface area contributed by atoms with E-state index < -0.39 is 16.2 Å². The second kappa shape index (κ2) is 23.2. The fourth-order valence-electron chi connectivity index (χ4n) is 19.4. The molecule has 17 aromatic rings. The van der Waals surface area contributed by atoms with E-state index in [1.807, 2.05) is 0 Å². The second-order valence-electron chi connectivity index (χ2n) is 29.1. The Morgan fingerprint density at radius 2 is 0.619 bits per heavy atom. The summed E-state index contributed by atoms with van der Waals surface area (Å²) in [7, 11) is 0. The van der Waals surface area contributed by atoms with Gasteiger partial charge >= 0.3 is 0 Å². The second-order valence-corrected chi connectivity index (χ2v) is 29.1. The van der Waals surface area contributed by atoms with Crippen LogP contribution in [-0.2, 0) is 16.2 Å². The minimum absolute atomic E-state index is 0.518. The Morgan fingerprint density at radius 3 is 1.14 bits per heavy atom. The highest BCUT2D eigenvalue weighted by molar-refractivity contribution is 6.12. The molecule has 1 aromatic heterocycles. The van der Waals surface area contributed by atoms with Gasteiger partial charge in [0.2, 0.25) is 0 Å². The van der Waals surface area contributed by atoms with Gasteiger partial charge in [-0.1, -0.05) is 314 Å². The maximum Gasteiger partial charge on any atom is 0.159 e. The summed E-state index contributed by atoms with van der Waals surface area (Å²) in [6.07, 6.45) is 0. The van der Waals surface area contributed by atoms with Gasteiger partial charge in [-0.3, -0.25) is 0 Å². The Bertz CT molecular complexity index is 6070. The molecule has 4 aliphatic carbocycles. The van der Waals surface area contributed by atoms with Crippen molar-refractivity contribution in [2.75, 3.05) is 9.80 Å². The average molecular weight is 1340 g/mol. The molecular formula is C102H70N2O. The lowest BCUT2D eigenvalue weighted by Gasteiger charge is -2.36. The zero-order chi connectivity index (χ0) is 69.7. The van der Waals surface area contributed by atoms with Crippen LogP contribution in [0.5, 0.6) is 0 Å². The molecule has 1 heterocycles. The third-order valence-electron chi connectivity index (χ3n) is 23.7. The molecule has 1 spiro atoms. The lowest BCUT2D eigenvalue weighted by Crippen LogP contribution is -2.29. The van der Waals surface area contributed by atoms with Crippen molar-refractivity contribution in [2.45, 2.75) is 37.0 Å². The van der Waals surface area contributed by atoms with Crippen LogP contribution in [0.4, 0.5) is 34.1 Å². The molecular weight excluding hydrogens is 1270 g/mol. The normalized spacial score (nSPS) is 13.9. The number of hydrogen-bond acceptors (Lipinski definition) is 3. The molecule has 21 rings (SSSR count). The molecule has 0 atom stereocenters. The van der Waals surface area contributed by atoms with Crippen LogP contribution in [-0.4, -0.2) is 0 Å². The standard InChI is InChI=1S/C102H70N2O/c1-65-46-55-80-82-58-53-75(63-93(82)100(91(80)60-65,69-26-8-4-9-27-69)70-28-10-5-11-29-70)103(76-54-59-83-81-56-47-66(2)61-92(81)101(94(83)64-76,71-30-12-6-13-31-71)72-32-14-7-15-33-72)74-52-57-77(67(3)62-74)68-48-50-73(51-49-68)104(96-44-24-38-85-84-36-19-23-45-97(84)105-99(85)96)95-43-25-42-90-98(95)86-37-18-22-41-89(86)102(90)87-39-20-16-34-78(87)79-35-17-21-40-88(79)102/h4-64H,1-3H3. The summed E-state index contributed by atoms with van der Waals surface area (Å²) in [6, 6.07) is 139. The zero-order valence-electron chi connectivity index (χ0n) is 58.5. The van der Waals surface area contributed by atoms with Crippen LogP contribution < -0.4 is 9.80 Å². The molecule has 0 saturated carbocycles. The maximum absolute atomic E-state index is 7.02. The van der Waals surface area contributed by atoms with Gasteiger partial charge in [-0.05, 0) is 210 Å². The van der Waals surface area contributed by atoms with E-state index in [1.165, 1.54) is 122 Å². The van der Waals surface area contributed by atoms with Crippen molar-refractivity contribution in [3.05, 3.63) is 454 Å². The summed E-state index contributed by atoms with van der Waals surface area (Å²) in [5.74, 6) is 0. The van der Waals surface area contributed by atoms with Gasteiger partial charge in [-0.25, -0.2) is 0 Å². The smallest absolute Gasteiger partial charge is 0.159 e. The molecule has 494 valence electrons. The van der Waals surface area contributed by atoms with Crippen LogP contribution >= 0.6 is 0 Å². The molecule has 0 fully saturated rings. The van der Waals surface area contributed by atoms with Crippen LogP contribution in [0.1, 0.15) is 83.5 Å². The van der Waals surface area contributed by atoms with Gasteiger partial charge in [0.1, 0.15) is 5.58 Å². The van der Waals surface area contributed by atoms with E-state index in [-0.39, 0.29) is 0 Å². The maximum atomic E-state index is 7.02. The van der Waals surface area contributed by atoms with Crippen LogP contribution in [0, 0.1) is 20.8 Å². The molecule has 105 heavy (non-hydrogen) atoms. The van der Waals surface area contributed by atoms with Crippen molar-refractivity contribution in [3.8, 4) is 55.6 Å². The van der Waals surface area contributed by atoms with Gasteiger partial charge in [-0.2, -0.15) is 0 Å². The molecule has 0 aliphatic heterocycles. The van der Waals surface area contributed by atoms with Crippen LogP contribution in [0.3, 0.4) is 0 Å². The predicted molar refractivity (Wildman–Crippen MR) is 434 cm³/mol. The Morgan fingerprint density at radius 1 is 0.238 bits per heavy atom. The fraction of sp³-hybridized carbons (Fsp3) is 0.0588. The Balaban J connectivity index is 0.751. The van der Waals surface area contributed by atoms with Gasteiger partial charge < -0.3 is 14.2 Å². The predicted octanol–water partition coefficient (Wildman–Crippen LogP) is 26.2. The minimum atomic E-state index is -0.615. The van der Waals surface area contributed by atoms with E-state index in [2.05, 4.69) is 401 Å². The summed E-state index contributed by atoms with van der Waals surface area (Å²) >= 11 is 0. The third-order valence-corrected chi connectivity index (χ3v) is 23.7. The highest BCUT2D eigenvalue weighted by atomic mass is 16.3. The summed E-state index contributed by atoms with van der Waals surface area (Å²) in [4.78, 5) is 5.00. The number of hydrogen-bond donors (Lipinski definition) is 0. The van der Waals surface area contributed by atoms with Crippen molar-refractivity contribution in [3.63, 3.8) is 0 Å². The minimum Gasteiger partial charge on any atom is -0.454 e. The Kier molecular flexibility index (Phi) is 13.4. The first kappa shape index (κ1) is 60.7. The Hall–Kier alpha value is -13.1. The molecule has 0 amide bonds. The Labute approximate surface area is 612 Å². The molecule has 0 bridgehead atoms. The first-order valence-electron chi connectivity index (χ1n) is 36.7. The van der Waals surface area contributed by atoms with Crippen molar-refractivity contribution < 1.29 is 4.42 Å². The number of benzene rings is 16. The molecule has 16 aromatic carbocycles. The van der Waals surface area contributed by atoms with Gasteiger partial charge in [0.15, 0.2) is 5.58 Å². The van der Waals surface area contributed by atoms with Crippen molar-refractivity contribution in [1.82, 2.24) is 0 Å². The number of aryl methyl sites for hydroxylation is 3. The molecule has 4 aliphatic rings. The monoisotopic (exact) mass is 1340 g/mol. The number of nitrogens with zero attached hydrogens (tertiary/aromatic N) is 2. The molecule has 0 radical (unpaired) electrons. The van der Waals surface area contributed by atoms with E-state index in [0.29, 0.717) is 0 Å². The van der Waals surface area contributed by atoms with Gasteiger partial charge in [0, 0.05) is 39.1 Å². The van der Waals surface area contributed by atoms with Crippen LogP contribution in [0.15, 0.2) is 374 Å². The van der Waals surface area contributed by atoms with Crippen LogP contribution in [0.25, 0.3) is 77.6 Å². The number of anilines is 6. The van der Waals surface area contributed by atoms with Gasteiger partial charge in [0.05, 0.1) is 27.6 Å². The zero-order valence-corrected chi connectivity index (χ0v) is 58.5. The first-order chi connectivity index (χ1) is 51.8. The van der Waals surface area contributed by atoms with E-state index in [1.54, 1.807) is 0 Å². The van der Waals surface area contributed by atoms with Crippen molar-refractivity contribution in [1.29, 1.82) is 0 Å². The van der Waals surface area contributed by atoms with E-state index in [9.17, 15) is 0 Å². The highest BCUT2D eigenvalue weighted by Crippen LogP contribution is 2.66. The molecule has 3 heteroatoms. The number of furan rings is 1. The summed E-state index contributed by atoms with van der Waals surface area (Å²) in [5, 5.41) is 2.17. The largest absolute Gasteiger partial charge is 0.454 e. The number of rotatable bonds is 11. The van der Waals surface area contributed by atoms with E-state index in [0.717, 1.165) is 72.8 Å². The topological polar surface area (TPSA) is 19.6 Å². The van der Waals surface area contributed by atoms with Crippen molar-refractivity contribution >= 4 is 56.1 Å². The number of para-hydroxylation sites is 2. The SMILES string of the molecule is Cc1ccc2c(c1)C(c1ccccc1)(c1ccccc1)c1cc(N(c3ccc(-c4ccc(N(c5cccc6c5-c5ccccc5C65c6ccccc6-c6ccccc65)c5cccc6c5oc5ccccc56)cc4)c(C)c3)c3ccc4c(c3)C(c3ccccc3)(c3ccccc3)c3cc(C)ccc3-4)ccc1-2. The van der Waals surface area contributed by atoms with Crippen molar-refractivity contribution in [2.24, 2.45) is 0 Å². The highest BCUT2D eigenvalue weighted by Gasteiger charge is 2.53. The third kappa shape index (κ3) is 8.55. The van der Waals surface area contributed by atoms with E-state index in [4.69, 9.17) is 4.42 Å². The number of fused-ring (bicyclic) bond motifs is 19. The van der Waals surface area contributed by atoms with Crippen LogP contribution in [0.2, 0.25) is 0 Å². The summed E-state index contributed by atoms with van der Waals surface area (Å²) in [6.45, 7) is 6.74. The summed E-state index contributed by atoms with van der Waals surface area (Å²) < 4.78 is 7.02. The quantitative estimate of drug-likeness (QED) is 0.129. The molecule has 0 saturated heterocycles. The lowest BCUT2D eigenvalue weighted by atomic mass is 9.67. The first-order valence-corrected chi connectivity index (χ1v) is 36.7. The fourth-order valence-corrected chi connectivity index (χ4v) is 19.4. The molecule has 3 nitrogen and oxygen atoms in total. The lowest BCUT2D eigenvalue weighted by molar-refractivity contribution is 0.669. The van der Waals surface area contributed by atoms with Gasteiger partial charge in [-0.15, -0.1) is 0 Å². The average Bonchev–Trinajstić information content (AvgIpc) is 1.49. The molecule has 0 N–H and O–H groups in total. The molecule has 0 unspecified atom stereocenters. The summed E-state index contributed by atoms with van der Waals surface area (Å²) in [5.41, 5.74) is 37.5. The van der Waals surface area contributed by atoms with E-state index >= 15 is 0 Å².